The van der Waals surface area contributed by atoms with Crippen LogP contribution in [0.15, 0.2) is 42.7 Å². The quantitative estimate of drug-likeness (QED) is 0.213. The average molecular weight is 468 g/mol. The zero-order valence-electron chi connectivity index (χ0n) is 21.4. The van der Waals surface area contributed by atoms with Crippen molar-refractivity contribution in [2.24, 2.45) is 0 Å². The summed E-state index contributed by atoms with van der Waals surface area (Å²) >= 11 is 0. The minimum absolute atomic E-state index is 0.226. The summed E-state index contributed by atoms with van der Waals surface area (Å²) in [5.74, 6) is 0.810. The van der Waals surface area contributed by atoms with Crippen LogP contribution >= 0.6 is 0 Å². The van der Waals surface area contributed by atoms with Crippen LogP contribution in [0.1, 0.15) is 109 Å². The number of carbonyl (C=O) groups is 1. The number of nitrogens with one attached hydrogen (secondary N) is 1. The Morgan fingerprint density at radius 1 is 0.824 bits per heavy atom. The second kappa shape index (κ2) is 18.0. The first kappa shape index (κ1) is 27.8. The molecular weight excluding hydrogens is 422 g/mol. The summed E-state index contributed by atoms with van der Waals surface area (Å²) in [5, 5.41) is 2.72. The Hall–Kier alpha value is -2.43. The highest BCUT2D eigenvalue weighted by molar-refractivity contribution is 5.92. The van der Waals surface area contributed by atoms with Gasteiger partial charge in [0.05, 0.1) is 0 Å². The maximum atomic E-state index is 12.5. The van der Waals surface area contributed by atoms with Gasteiger partial charge in [-0.15, -0.1) is 0 Å². The van der Waals surface area contributed by atoms with E-state index in [1.54, 1.807) is 18.5 Å². The molecule has 0 bridgehead atoms. The third-order valence-corrected chi connectivity index (χ3v) is 6.21. The van der Waals surface area contributed by atoms with E-state index in [0.717, 1.165) is 12.2 Å². The number of rotatable bonds is 19. The summed E-state index contributed by atoms with van der Waals surface area (Å²) in [4.78, 5) is 20.6. The number of hydrogen-bond acceptors (Lipinski definition) is 4. The Morgan fingerprint density at radius 3 is 2.00 bits per heavy atom. The van der Waals surface area contributed by atoms with Crippen LogP contribution in [0, 0.1) is 0 Å². The van der Waals surface area contributed by atoms with Crippen LogP contribution in [0.25, 0.3) is 0 Å². The van der Waals surface area contributed by atoms with Gasteiger partial charge in [0, 0.05) is 12.4 Å². The molecule has 2 aromatic rings. The number of hydrogen-bond donors (Lipinski definition) is 1. The van der Waals surface area contributed by atoms with Gasteiger partial charge in [0.2, 0.25) is 5.95 Å². The number of aryl methyl sites for hydroxylation is 1. The largest absolute Gasteiger partial charge is 0.481 e. The zero-order valence-corrected chi connectivity index (χ0v) is 21.4. The summed E-state index contributed by atoms with van der Waals surface area (Å²) in [6.07, 6.45) is 22.0. The van der Waals surface area contributed by atoms with E-state index in [1.807, 2.05) is 19.1 Å². The molecule has 2 rings (SSSR count). The van der Waals surface area contributed by atoms with Crippen LogP contribution in [0.5, 0.6) is 5.75 Å². The van der Waals surface area contributed by atoms with E-state index in [0.29, 0.717) is 12.4 Å². The van der Waals surface area contributed by atoms with Crippen LogP contribution in [0.4, 0.5) is 5.95 Å². The lowest BCUT2D eigenvalue weighted by Gasteiger charge is -2.17. The number of unbranched alkanes of at least 4 members (excludes halogenated alkanes) is 12. The van der Waals surface area contributed by atoms with Crippen LogP contribution in [-0.2, 0) is 11.2 Å². The fraction of sp³-hybridized carbons (Fsp3) is 0.621. The van der Waals surface area contributed by atoms with Crippen molar-refractivity contribution in [3.8, 4) is 5.75 Å². The number of anilines is 1. The van der Waals surface area contributed by atoms with E-state index >= 15 is 0 Å². The predicted octanol–water partition coefficient (Wildman–Crippen LogP) is 7.91. The third kappa shape index (κ3) is 12.2. The van der Waals surface area contributed by atoms with E-state index in [1.165, 1.54) is 89.0 Å². The van der Waals surface area contributed by atoms with E-state index in [4.69, 9.17) is 4.74 Å². The highest BCUT2D eigenvalue weighted by Crippen LogP contribution is 2.19. The van der Waals surface area contributed by atoms with E-state index in [9.17, 15) is 4.79 Å². The summed E-state index contributed by atoms with van der Waals surface area (Å²) in [6.45, 7) is 4.22. The molecular formula is C29H45N3O2. The van der Waals surface area contributed by atoms with Gasteiger partial charge >= 0.3 is 0 Å². The molecule has 1 unspecified atom stereocenters. The average Bonchev–Trinajstić information content (AvgIpc) is 2.86. The number of ether oxygens (including phenoxy) is 1. The van der Waals surface area contributed by atoms with Crippen molar-refractivity contribution in [1.82, 2.24) is 9.97 Å². The molecule has 0 spiro atoms. The normalized spacial score (nSPS) is 11.8. The Balaban J connectivity index is 1.59. The smallest absolute Gasteiger partial charge is 0.267 e. The Labute approximate surface area is 207 Å². The number of aromatic nitrogens is 2. The van der Waals surface area contributed by atoms with Crippen molar-refractivity contribution in [2.75, 3.05) is 5.32 Å². The molecule has 1 aromatic heterocycles. The topological polar surface area (TPSA) is 64.1 Å². The van der Waals surface area contributed by atoms with Crippen LogP contribution in [0.3, 0.4) is 0 Å². The van der Waals surface area contributed by atoms with Gasteiger partial charge < -0.3 is 4.74 Å². The van der Waals surface area contributed by atoms with Crippen molar-refractivity contribution < 1.29 is 9.53 Å². The molecule has 0 aliphatic rings. The lowest BCUT2D eigenvalue weighted by atomic mass is 10.0. The van der Waals surface area contributed by atoms with Crippen molar-refractivity contribution in [3.05, 3.63) is 48.3 Å². The van der Waals surface area contributed by atoms with E-state index in [-0.39, 0.29) is 5.91 Å². The lowest BCUT2D eigenvalue weighted by Crippen LogP contribution is -2.33. The molecule has 0 fully saturated rings. The molecule has 1 aromatic carbocycles. The maximum absolute atomic E-state index is 12.5. The number of nitrogens with zero attached hydrogens (tertiary/aromatic N) is 2. The summed E-state index contributed by atoms with van der Waals surface area (Å²) in [5.41, 5.74) is 1.27. The van der Waals surface area contributed by atoms with E-state index in [2.05, 4.69) is 34.3 Å². The molecule has 0 radical (unpaired) electrons. The van der Waals surface area contributed by atoms with Gasteiger partial charge in [0.15, 0.2) is 6.10 Å². The van der Waals surface area contributed by atoms with Crippen molar-refractivity contribution in [3.63, 3.8) is 0 Å². The fourth-order valence-electron chi connectivity index (χ4n) is 4.16. The first-order valence-corrected chi connectivity index (χ1v) is 13.6. The molecule has 0 saturated carbocycles. The van der Waals surface area contributed by atoms with E-state index < -0.39 is 6.10 Å². The minimum Gasteiger partial charge on any atom is -0.481 e. The second-order valence-corrected chi connectivity index (χ2v) is 9.22. The fourth-order valence-corrected chi connectivity index (χ4v) is 4.16. The van der Waals surface area contributed by atoms with Crippen LogP contribution in [0.2, 0.25) is 0 Å². The van der Waals surface area contributed by atoms with Gasteiger partial charge in [-0.25, -0.2) is 9.97 Å². The molecule has 0 saturated heterocycles. The summed E-state index contributed by atoms with van der Waals surface area (Å²) < 4.78 is 5.99. The highest BCUT2D eigenvalue weighted by atomic mass is 16.5. The van der Waals surface area contributed by atoms with Crippen LogP contribution < -0.4 is 10.1 Å². The molecule has 188 valence electrons. The molecule has 0 aliphatic carbocycles. The lowest BCUT2D eigenvalue weighted by molar-refractivity contribution is -0.122. The molecule has 1 heterocycles. The SMILES string of the molecule is CCCCCCCCCCCCCCCc1cccc(OC(CC)C(=O)Nc2ncccn2)c1. The molecule has 5 nitrogen and oxygen atoms in total. The third-order valence-electron chi connectivity index (χ3n) is 6.21. The van der Waals surface area contributed by atoms with Crippen molar-refractivity contribution in [1.29, 1.82) is 0 Å². The first-order chi connectivity index (χ1) is 16.7. The van der Waals surface area contributed by atoms with Gasteiger partial charge in [-0.05, 0) is 43.0 Å². The maximum Gasteiger partial charge on any atom is 0.267 e. The molecule has 34 heavy (non-hydrogen) atoms. The van der Waals surface area contributed by atoms with Gasteiger partial charge in [-0.1, -0.05) is 103 Å². The monoisotopic (exact) mass is 467 g/mol. The minimum atomic E-state index is -0.574. The summed E-state index contributed by atoms with van der Waals surface area (Å²) in [6, 6.07) is 9.86. The number of amides is 1. The molecule has 1 N–H and O–H groups in total. The second-order valence-electron chi connectivity index (χ2n) is 9.22. The Bertz CT molecular complexity index is 782. The standard InChI is InChI=1S/C29H45N3O2/c1-3-5-6-7-8-9-10-11-12-13-14-15-16-19-25-20-17-21-26(24-25)34-27(4-2)28(33)32-29-30-22-18-23-31-29/h17-18,20-24,27H,3-16,19H2,1-2H3,(H,30,31,32,33). The first-order valence-electron chi connectivity index (χ1n) is 13.6. The number of benzene rings is 1. The molecule has 1 amide bonds. The van der Waals surface area contributed by atoms with Gasteiger partial charge in [0.25, 0.3) is 5.91 Å². The summed E-state index contributed by atoms with van der Waals surface area (Å²) in [7, 11) is 0. The van der Waals surface area contributed by atoms with Gasteiger partial charge in [-0.3, -0.25) is 10.1 Å². The predicted molar refractivity (Wildman–Crippen MR) is 141 cm³/mol. The zero-order chi connectivity index (χ0) is 24.3. The molecule has 1 atom stereocenters. The van der Waals surface area contributed by atoms with Gasteiger partial charge in [-0.2, -0.15) is 0 Å². The van der Waals surface area contributed by atoms with Crippen molar-refractivity contribution in [2.45, 2.75) is 116 Å². The van der Waals surface area contributed by atoms with Crippen molar-refractivity contribution >= 4 is 11.9 Å². The van der Waals surface area contributed by atoms with Crippen LogP contribution in [-0.4, -0.2) is 22.0 Å². The molecule has 5 heteroatoms. The molecule has 0 aliphatic heterocycles. The Kier molecular flexibility index (Phi) is 14.7. The Morgan fingerprint density at radius 2 is 1.41 bits per heavy atom. The highest BCUT2D eigenvalue weighted by Gasteiger charge is 2.19. The number of carbonyl (C=O) groups excluding carboxylic acids is 1. The van der Waals surface area contributed by atoms with Gasteiger partial charge in [0.1, 0.15) is 5.75 Å².